The fourth-order valence-corrected chi connectivity index (χ4v) is 6.21. The van der Waals surface area contributed by atoms with Gasteiger partial charge in [0.25, 0.3) is 5.91 Å². The van der Waals surface area contributed by atoms with Crippen LogP contribution in [0.25, 0.3) is 0 Å². The van der Waals surface area contributed by atoms with E-state index in [2.05, 4.69) is 5.32 Å². The van der Waals surface area contributed by atoms with E-state index in [4.69, 9.17) is 23.2 Å². The van der Waals surface area contributed by atoms with Crippen molar-refractivity contribution >= 4 is 44.6 Å². The number of aryl methyl sites for hydroxylation is 1. The molecule has 31 heavy (non-hydrogen) atoms. The predicted molar refractivity (Wildman–Crippen MR) is 104 cm³/mol. The molecule has 1 fully saturated rings. The minimum Gasteiger partial charge on any atom is -0.344 e. The minimum atomic E-state index is -4.71. The van der Waals surface area contributed by atoms with Crippen LogP contribution in [0.4, 0.5) is 27.6 Å². The third kappa shape index (κ3) is 4.14. The van der Waals surface area contributed by atoms with Crippen molar-refractivity contribution in [3.05, 3.63) is 45.7 Å². The van der Waals surface area contributed by atoms with Crippen LogP contribution in [0.2, 0.25) is 10.0 Å². The summed E-state index contributed by atoms with van der Waals surface area (Å²) in [5.41, 5.74) is -3.29. The maximum atomic E-state index is 14.0. The van der Waals surface area contributed by atoms with E-state index >= 15 is 0 Å². The van der Waals surface area contributed by atoms with Crippen molar-refractivity contribution in [1.82, 2.24) is 4.57 Å². The van der Waals surface area contributed by atoms with Crippen LogP contribution in [0.5, 0.6) is 0 Å². The van der Waals surface area contributed by atoms with Gasteiger partial charge in [0.1, 0.15) is 21.4 Å². The zero-order chi connectivity index (χ0) is 23.4. The van der Waals surface area contributed by atoms with Crippen molar-refractivity contribution in [2.45, 2.75) is 30.3 Å². The molecule has 1 aromatic carbocycles. The molecule has 3 rings (SSSR count). The Kier molecular flexibility index (Phi) is 6.09. The van der Waals surface area contributed by atoms with Crippen LogP contribution in [0.15, 0.2) is 23.2 Å². The third-order valence-corrected chi connectivity index (χ3v) is 8.05. The maximum Gasteiger partial charge on any atom is 0.395 e. The molecule has 1 aliphatic carbocycles. The first-order valence-corrected chi connectivity index (χ1v) is 11.2. The zero-order valence-electron chi connectivity index (χ0n) is 15.8. The molecular weight excluding hydrogens is 490 g/mol. The van der Waals surface area contributed by atoms with Gasteiger partial charge in [-0.1, -0.05) is 29.6 Å². The number of hydrogen-bond acceptors (Lipinski definition) is 3. The molecule has 0 radical (unpaired) electrons. The van der Waals surface area contributed by atoms with Gasteiger partial charge < -0.3 is 9.88 Å². The van der Waals surface area contributed by atoms with Crippen molar-refractivity contribution in [3.63, 3.8) is 0 Å². The Morgan fingerprint density at radius 1 is 1.19 bits per heavy atom. The van der Waals surface area contributed by atoms with Crippen LogP contribution < -0.4 is 5.32 Å². The van der Waals surface area contributed by atoms with E-state index in [9.17, 15) is 35.2 Å². The predicted octanol–water partition coefficient (Wildman–Crippen LogP) is 5.37. The molecule has 0 spiro atoms. The Balaban J connectivity index is 1.93. The molecular formula is C18H15Cl2F5N2O3S. The number of nitrogens with one attached hydrogen (secondary N) is 1. The van der Waals surface area contributed by atoms with Gasteiger partial charge in [-0.25, -0.2) is 17.2 Å². The lowest BCUT2D eigenvalue weighted by Crippen LogP contribution is -2.48. The number of anilines is 1. The lowest BCUT2D eigenvalue weighted by atomic mass is 9.70. The van der Waals surface area contributed by atoms with Gasteiger partial charge in [0.05, 0.1) is 21.9 Å². The highest BCUT2D eigenvalue weighted by Crippen LogP contribution is 2.54. The first-order chi connectivity index (χ1) is 14.2. The summed E-state index contributed by atoms with van der Waals surface area (Å²) in [4.78, 5) is 11.9. The van der Waals surface area contributed by atoms with E-state index in [-0.39, 0.29) is 19.3 Å². The van der Waals surface area contributed by atoms with Crippen LogP contribution in [-0.2, 0) is 16.9 Å². The number of nitrogens with zero attached hydrogens (tertiary/aromatic N) is 1. The summed E-state index contributed by atoms with van der Waals surface area (Å²) < 4.78 is 94.1. The van der Waals surface area contributed by atoms with Gasteiger partial charge in [-0.2, -0.15) is 13.2 Å². The average molecular weight is 505 g/mol. The van der Waals surface area contributed by atoms with Crippen LogP contribution >= 0.6 is 23.2 Å². The van der Waals surface area contributed by atoms with Crippen LogP contribution in [0.3, 0.4) is 0 Å². The summed E-state index contributed by atoms with van der Waals surface area (Å²) in [6, 6.07) is 1.70. The number of rotatable bonds is 5. The van der Waals surface area contributed by atoms with E-state index in [0.29, 0.717) is 0 Å². The highest BCUT2D eigenvalue weighted by Gasteiger charge is 2.60. The second-order valence-corrected chi connectivity index (χ2v) is 10.0. The Bertz CT molecular complexity index is 1160. The molecule has 1 N–H and O–H groups in total. The Morgan fingerprint density at radius 2 is 1.81 bits per heavy atom. The largest absolute Gasteiger partial charge is 0.395 e. The summed E-state index contributed by atoms with van der Waals surface area (Å²) in [5, 5.41) is 0.621. The molecule has 1 amide bonds. The van der Waals surface area contributed by atoms with Gasteiger partial charge in [-0.3, -0.25) is 4.79 Å². The van der Waals surface area contributed by atoms with Crippen LogP contribution in [0, 0.1) is 17.0 Å². The monoisotopic (exact) mass is 504 g/mol. The van der Waals surface area contributed by atoms with Gasteiger partial charge in [-0.15, -0.1) is 0 Å². The highest BCUT2D eigenvalue weighted by molar-refractivity contribution is 7.91. The minimum absolute atomic E-state index is 0.247. The van der Waals surface area contributed by atoms with E-state index in [1.807, 2.05) is 0 Å². The first-order valence-electron chi connectivity index (χ1n) is 8.79. The van der Waals surface area contributed by atoms with Gasteiger partial charge in [0, 0.05) is 13.2 Å². The number of carbonyl (C=O) groups is 1. The van der Waals surface area contributed by atoms with Gasteiger partial charge >= 0.3 is 6.18 Å². The van der Waals surface area contributed by atoms with E-state index < -0.39 is 71.0 Å². The van der Waals surface area contributed by atoms with Crippen LogP contribution in [0.1, 0.15) is 29.8 Å². The topological polar surface area (TPSA) is 68.2 Å². The van der Waals surface area contributed by atoms with Crippen molar-refractivity contribution < 1.29 is 35.2 Å². The summed E-state index contributed by atoms with van der Waals surface area (Å²) in [6.45, 7) is 0. The van der Waals surface area contributed by atoms with Crippen molar-refractivity contribution in [2.24, 2.45) is 12.5 Å². The molecule has 0 saturated heterocycles. The molecule has 13 heteroatoms. The number of sulfone groups is 1. The van der Waals surface area contributed by atoms with Crippen LogP contribution in [-0.4, -0.2) is 30.8 Å². The maximum absolute atomic E-state index is 14.0. The fourth-order valence-electron chi connectivity index (χ4n) is 3.40. The van der Waals surface area contributed by atoms with Gasteiger partial charge in [0.2, 0.25) is 0 Å². The van der Waals surface area contributed by atoms with Gasteiger partial charge in [-0.05, 0) is 25.0 Å². The van der Waals surface area contributed by atoms with E-state index in [0.717, 1.165) is 22.9 Å². The second-order valence-electron chi connectivity index (χ2n) is 7.33. The Hall–Kier alpha value is -1.85. The third-order valence-electron chi connectivity index (χ3n) is 5.30. The zero-order valence-corrected chi connectivity index (χ0v) is 18.1. The molecule has 1 saturated carbocycles. The van der Waals surface area contributed by atoms with Crippen molar-refractivity contribution in [2.75, 3.05) is 11.1 Å². The summed E-state index contributed by atoms with van der Waals surface area (Å²) in [7, 11) is -3.27. The van der Waals surface area contributed by atoms with Gasteiger partial charge in [0.15, 0.2) is 15.7 Å². The molecule has 0 atom stereocenters. The number of hydrogen-bond donors (Lipinski definition) is 1. The second kappa shape index (κ2) is 7.93. The van der Waals surface area contributed by atoms with E-state index in [1.165, 1.54) is 7.05 Å². The standard InChI is InChI=1S/C18H15Cl2F5N2O3S/c1-27-7-11(31(29,30)8-17(5-2-6-17)18(23,24)25)13(20)15(27)16(28)26-10-4-3-9(21)12(19)14(10)22/h3-4,7H,2,5-6,8H2,1H3,(H,26,28). The molecule has 0 bridgehead atoms. The normalized spacial score (nSPS) is 16.1. The molecule has 0 aliphatic heterocycles. The molecule has 5 nitrogen and oxygen atoms in total. The number of carbonyl (C=O) groups excluding carboxylic acids is 1. The molecule has 0 unspecified atom stereocenters. The lowest BCUT2D eigenvalue weighted by molar-refractivity contribution is -0.241. The number of halogens is 7. The molecule has 170 valence electrons. The van der Waals surface area contributed by atoms with Crippen molar-refractivity contribution in [1.29, 1.82) is 0 Å². The smallest absolute Gasteiger partial charge is 0.344 e. The number of amides is 1. The number of alkyl halides is 3. The van der Waals surface area contributed by atoms with E-state index in [1.54, 1.807) is 0 Å². The first kappa shape index (κ1) is 23.8. The quantitative estimate of drug-likeness (QED) is 0.439. The molecule has 2 aromatic rings. The Labute approximate surface area is 184 Å². The fraction of sp³-hybridized carbons (Fsp3) is 0.389. The average Bonchev–Trinajstić information content (AvgIpc) is 2.93. The van der Waals surface area contributed by atoms with Crippen molar-refractivity contribution in [3.8, 4) is 0 Å². The summed E-state index contributed by atoms with van der Waals surface area (Å²) in [6.07, 6.45) is -4.18. The number of aromatic nitrogens is 1. The Morgan fingerprint density at radius 3 is 2.32 bits per heavy atom. The SMILES string of the molecule is Cn1cc(S(=O)(=O)CC2(C(F)(F)F)CCC2)c(Cl)c1C(=O)Nc1ccc(F)c(Cl)c1F. The lowest BCUT2D eigenvalue weighted by Gasteiger charge is -2.42. The molecule has 1 aliphatic rings. The molecule has 1 aromatic heterocycles. The summed E-state index contributed by atoms with van der Waals surface area (Å²) in [5.74, 6) is -4.58. The summed E-state index contributed by atoms with van der Waals surface area (Å²) >= 11 is 11.5. The molecule has 1 heterocycles. The highest BCUT2D eigenvalue weighted by atomic mass is 35.5. The number of benzene rings is 1.